The first-order valence-electron chi connectivity index (χ1n) is 5.83. The Bertz CT molecular complexity index is 791. The summed E-state index contributed by atoms with van der Waals surface area (Å²) in [5, 5.41) is 1.59. The first kappa shape index (κ1) is 14.8. The summed E-state index contributed by atoms with van der Waals surface area (Å²) >= 11 is 0.994. The molecule has 0 radical (unpaired) electrons. The quantitative estimate of drug-likeness (QED) is 0.735. The summed E-state index contributed by atoms with van der Waals surface area (Å²) in [5.41, 5.74) is 7.87. The number of sulfonamides is 1. The molecule has 4 N–H and O–H groups in total. The number of aromatic amines is 1. The van der Waals surface area contributed by atoms with Crippen LogP contribution in [0.25, 0.3) is 0 Å². The summed E-state index contributed by atoms with van der Waals surface area (Å²) in [5.74, 6) is 0. The lowest BCUT2D eigenvalue weighted by Crippen LogP contribution is -2.25. The van der Waals surface area contributed by atoms with Gasteiger partial charge in [0.15, 0.2) is 0 Å². The van der Waals surface area contributed by atoms with E-state index in [0.29, 0.717) is 22.5 Å². The van der Waals surface area contributed by atoms with Crippen molar-refractivity contribution in [1.29, 1.82) is 0 Å². The summed E-state index contributed by atoms with van der Waals surface area (Å²) in [4.78, 5) is 13.5. The van der Waals surface area contributed by atoms with Crippen LogP contribution >= 0.6 is 11.3 Å². The zero-order chi connectivity index (χ0) is 14.9. The van der Waals surface area contributed by atoms with Gasteiger partial charge in [0.2, 0.25) is 10.0 Å². The number of nitrogen functional groups attached to an aromatic ring is 1. The molecule has 0 saturated carbocycles. The molecule has 0 saturated heterocycles. The van der Waals surface area contributed by atoms with E-state index in [9.17, 15) is 13.2 Å². The van der Waals surface area contributed by atoms with Gasteiger partial charge in [-0.05, 0) is 31.0 Å². The zero-order valence-corrected chi connectivity index (χ0v) is 12.7. The minimum Gasteiger partial charge on any atom is -0.398 e. The number of hydrogen-bond donors (Lipinski definition) is 3. The van der Waals surface area contributed by atoms with Crippen molar-refractivity contribution in [3.63, 3.8) is 0 Å². The third-order valence-corrected chi connectivity index (χ3v) is 5.35. The number of aromatic nitrogens is 1. The van der Waals surface area contributed by atoms with Crippen LogP contribution in [0.5, 0.6) is 0 Å². The molecule has 0 aliphatic rings. The number of nitrogens with one attached hydrogen (secondary N) is 2. The molecule has 1 aromatic heterocycles. The lowest BCUT2D eigenvalue weighted by atomic mass is 10.1. The Kier molecular flexibility index (Phi) is 3.98. The van der Waals surface area contributed by atoms with Crippen molar-refractivity contribution in [3.8, 4) is 0 Å². The van der Waals surface area contributed by atoms with Crippen LogP contribution in [0.3, 0.4) is 0 Å². The van der Waals surface area contributed by atoms with Gasteiger partial charge in [0.05, 0.1) is 11.4 Å². The molecule has 0 fully saturated rings. The lowest BCUT2D eigenvalue weighted by Gasteiger charge is -2.13. The predicted octanol–water partition coefficient (Wildman–Crippen LogP) is 1.11. The second kappa shape index (κ2) is 5.39. The van der Waals surface area contributed by atoms with Gasteiger partial charge in [-0.25, -0.2) is 13.1 Å². The summed E-state index contributed by atoms with van der Waals surface area (Å²) in [6.45, 7) is 3.42. The molecule has 0 unspecified atom stereocenters. The van der Waals surface area contributed by atoms with Crippen molar-refractivity contribution >= 4 is 27.0 Å². The smallest absolute Gasteiger partial charge is 0.304 e. The van der Waals surface area contributed by atoms with E-state index in [1.807, 2.05) is 0 Å². The van der Waals surface area contributed by atoms with Gasteiger partial charge < -0.3 is 10.7 Å². The molecule has 8 heteroatoms. The molecule has 0 aliphatic heterocycles. The minimum absolute atomic E-state index is 0.0365. The van der Waals surface area contributed by atoms with Gasteiger partial charge in [-0.2, -0.15) is 0 Å². The van der Waals surface area contributed by atoms with E-state index in [4.69, 9.17) is 5.73 Å². The average molecular weight is 313 g/mol. The first-order chi connectivity index (χ1) is 9.31. The predicted molar refractivity (Wildman–Crippen MR) is 79.3 cm³/mol. The van der Waals surface area contributed by atoms with Crippen LogP contribution in [0, 0.1) is 13.8 Å². The van der Waals surface area contributed by atoms with Crippen molar-refractivity contribution in [2.45, 2.75) is 25.3 Å². The fourth-order valence-corrected chi connectivity index (χ4v) is 3.99. The topological polar surface area (TPSA) is 105 Å². The highest BCUT2D eigenvalue weighted by Gasteiger charge is 2.20. The maximum atomic E-state index is 12.4. The van der Waals surface area contributed by atoms with E-state index >= 15 is 0 Å². The van der Waals surface area contributed by atoms with Gasteiger partial charge >= 0.3 is 4.87 Å². The van der Waals surface area contributed by atoms with Crippen LogP contribution in [0.1, 0.15) is 16.8 Å². The number of nitrogens with two attached hydrogens (primary N) is 1. The van der Waals surface area contributed by atoms with E-state index < -0.39 is 10.0 Å². The molecule has 108 valence electrons. The summed E-state index contributed by atoms with van der Waals surface area (Å²) in [6, 6.07) is 3.35. The molecule has 1 heterocycles. The van der Waals surface area contributed by atoms with Gasteiger partial charge in [0, 0.05) is 16.8 Å². The van der Waals surface area contributed by atoms with E-state index in [0.717, 1.165) is 11.3 Å². The maximum Gasteiger partial charge on any atom is 0.304 e. The normalized spacial score (nSPS) is 11.7. The molecule has 1 aromatic carbocycles. The first-order valence-corrected chi connectivity index (χ1v) is 8.19. The average Bonchev–Trinajstić information content (AvgIpc) is 2.78. The highest BCUT2D eigenvalue weighted by Crippen LogP contribution is 2.24. The summed E-state index contributed by atoms with van der Waals surface area (Å²) < 4.78 is 27.2. The third-order valence-electron chi connectivity index (χ3n) is 2.94. The second-order valence-electron chi connectivity index (χ2n) is 4.42. The molecule has 0 spiro atoms. The fourth-order valence-electron chi connectivity index (χ4n) is 1.90. The number of anilines is 1. The number of benzene rings is 1. The largest absolute Gasteiger partial charge is 0.398 e. The number of thiazole rings is 1. The molecule has 20 heavy (non-hydrogen) atoms. The highest BCUT2D eigenvalue weighted by atomic mass is 32.2. The van der Waals surface area contributed by atoms with Crippen molar-refractivity contribution in [1.82, 2.24) is 9.71 Å². The van der Waals surface area contributed by atoms with E-state index in [-0.39, 0.29) is 16.3 Å². The molecule has 2 aromatic rings. The monoisotopic (exact) mass is 313 g/mol. The maximum absolute atomic E-state index is 12.4. The van der Waals surface area contributed by atoms with E-state index in [2.05, 4.69) is 9.71 Å². The van der Waals surface area contributed by atoms with Gasteiger partial charge in [-0.3, -0.25) is 4.79 Å². The molecule has 2 rings (SSSR count). The van der Waals surface area contributed by atoms with Crippen molar-refractivity contribution < 1.29 is 8.42 Å². The van der Waals surface area contributed by atoms with E-state index in [1.54, 1.807) is 31.4 Å². The Morgan fingerprint density at radius 1 is 1.35 bits per heavy atom. The highest BCUT2D eigenvalue weighted by molar-refractivity contribution is 7.89. The molecule has 0 amide bonds. The van der Waals surface area contributed by atoms with Crippen LogP contribution in [-0.4, -0.2) is 13.4 Å². The number of hydrogen-bond acceptors (Lipinski definition) is 5. The molecule has 0 bridgehead atoms. The van der Waals surface area contributed by atoms with Gasteiger partial charge in [0.1, 0.15) is 0 Å². The standard InChI is InChI=1S/C12H15N3O3S2/c1-7-3-4-10(13)8(2)11(7)20(17,18)14-5-9-6-19-12(16)15-9/h3-4,6,14H,5,13H2,1-2H3,(H,15,16). The fraction of sp³-hybridized carbons (Fsp3) is 0.250. The molecule has 6 nitrogen and oxygen atoms in total. The Labute approximate surface area is 120 Å². The van der Waals surface area contributed by atoms with E-state index in [1.165, 1.54) is 0 Å². The number of aryl methyl sites for hydroxylation is 1. The molecule has 0 atom stereocenters. The van der Waals surface area contributed by atoms with Crippen molar-refractivity contribution in [3.05, 3.63) is 44.0 Å². The SMILES string of the molecule is Cc1ccc(N)c(C)c1S(=O)(=O)NCc1csc(=O)[nH]1. The Balaban J connectivity index is 2.31. The van der Waals surface area contributed by atoms with Gasteiger partial charge in [0.25, 0.3) is 0 Å². The van der Waals surface area contributed by atoms with Crippen molar-refractivity contribution in [2.75, 3.05) is 5.73 Å². The zero-order valence-electron chi connectivity index (χ0n) is 11.1. The summed E-state index contributed by atoms with van der Waals surface area (Å²) in [6.07, 6.45) is 0. The lowest BCUT2D eigenvalue weighted by molar-refractivity contribution is 0.579. The Hall–Kier alpha value is -1.64. The number of H-pyrrole nitrogens is 1. The van der Waals surface area contributed by atoms with Crippen molar-refractivity contribution in [2.24, 2.45) is 0 Å². The second-order valence-corrected chi connectivity index (χ2v) is 6.97. The van der Waals surface area contributed by atoms with Crippen LogP contribution < -0.4 is 15.3 Å². The molecular weight excluding hydrogens is 298 g/mol. The van der Waals surface area contributed by atoms with Crippen LogP contribution in [0.15, 0.2) is 27.2 Å². The van der Waals surface area contributed by atoms with Gasteiger partial charge in [-0.15, -0.1) is 0 Å². The van der Waals surface area contributed by atoms with Crippen LogP contribution in [-0.2, 0) is 16.6 Å². The van der Waals surface area contributed by atoms with Crippen LogP contribution in [0.4, 0.5) is 5.69 Å². The number of rotatable bonds is 4. The van der Waals surface area contributed by atoms with Gasteiger partial charge in [-0.1, -0.05) is 17.4 Å². The minimum atomic E-state index is -3.68. The summed E-state index contributed by atoms with van der Waals surface area (Å²) in [7, 11) is -3.68. The molecule has 0 aliphatic carbocycles. The Morgan fingerprint density at radius 2 is 2.05 bits per heavy atom. The Morgan fingerprint density at radius 3 is 2.65 bits per heavy atom. The van der Waals surface area contributed by atoms with Crippen LogP contribution in [0.2, 0.25) is 0 Å². The molecular formula is C12H15N3O3S2. The third kappa shape index (κ3) is 2.92.